The third-order valence-corrected chi connectivity index (χ3v) is 4.12. The summed E-state index contributed by atoms with van der Waals surface area (Å²) < 4.78 is 40.4. The number of rotatable bonds is 3. The third kappa shape index (κ3) is 3.50. The van der Waals surface area contributed by atoms with Crippen LogP contribution < -0.4 is 5.32 Å². The predicted octanol–water partition coefficient (Wildman–Crippen LogP) is 3.35. The Morgan fingerprint density at radius 1 is 1.00 bits per heavy atom. The first-order valence-electron chi connectivity index (χ1n) is 7.79. The van der Waals surface area contributed by atoms with Crippen molar-refractivity contribution in [3.63, 3.8) is 0 Å². The Hall–Kier alpha value is -2.83. The molecular weight excluding hydrogens is 333 g/mol. The molecule has 1 saturated heterocycles. The lowest BCUT2D eigenvalue weighted by Gasteiger charge is -2.24. The molecule has 2 aromatic rings. The van der Waals surface area contributed by atoms with Crippen LogP contribution in [0.2, 0.25) is 0 Å². The second-order valence-electron chi connectivity index (χ2n) is 5.75. The summed E-state index contributed by atoms with van der Waals surface area (Å²) in [6.45, 7) is 0.341. The van der Waals surface area contributed by atoms with Crippen molar-refractivity contribution in [3.8, 4) is 0 Å². The quantitative estimate of drug-likeness (QED) is 0.925. The van der Waals surface area contributed by atoms with Gasteiger partial charge in [-0.05, 0) is 49.2 Å². The van der Waals surface area contributed by atoms with Crippen LogP contribution in [0.15, 0.2) is 42.5 Å². The molecule has 0 aromatic heterocycles. The van der Waals surface area contributed by atoms with Crippen molar-refractivity contribution >= 4 is 17.5 Å². The molecule has 4 nitrogen and oxygen atoms in total. The number of nitrogens with one attached hydrogen (secondary N) is 1. The topological polar surface area (TPSA) is 49.4 Å². The van der Waals surface area contributed by atoms with Gasteiger partial charge in [0.2, 0.25) is 5.91 Å². The summed E-state index contributed by atoms with van der Waals surface area (Å²) in [7, 11) is 0. The molecule has 1 N–H and O–H groups in total. The van der Waals surface area contributed by atoms with Gasteiger partial charge in [0.15, 0.2) is 0 Å². The van der Waals surface area contributed by atoms with E-state index in [1.807, 2.05) is 0 Å². The van der Waals surface area contributed by atoms with Crippen LogP contribution in [0.25, 0.3) is 0 Å². The zero-order valence-corrected chi connectivity index (χ0v) is 13.1. The molecule has 1 heterocycles. The fraction of sp³-hybridized carbons (Fsp3) is 0.222. The van der Waals surface area contributed by atoms with E-state index in [2.05, 4.69) is 5.32 Å². The van der Waals surface area contributed by atoms with Gasteiger partial charge in [-0.25, -0.2) is 13.2 Å². The average Bonchev–Trinajstić information content (AvgIpc) is 3.08. The van der Waals surface area contributed by atoms with Crippen LogP contribution >= 0.6 is 0 Å². The smallest absolute Gasteiger partial charge is 0.254 e. The summed E-state index contributed by atoms with van der Waals surface area (Å²) in [5, 5.41) is 2.22. The second-order valence-corrected chi connectivity index (χ2v) is 5.75. The molecule has 0 aliphatic carbocycles. The van der Waals surface area contributed by atoms with Gasteiger partial charge in [-0.15, -0.1) is 0 Å². The largest absolute Gasteiger partial charge is 0.327 e. The van der Waals surface area contributed by atoms with Crippen molar-refractivity contribution in [2.24, 2.45) is 0 Å². The number of carbonyl (C=O) groups is 2. The van der Waals surface area contributed by atoms with E-state index in [1.165, 1.54) is 23.1 Å². The normalized spacial score (nSPS) is 16.8. The average molecular weight is 348 g/mol. The van der Waals surface area contributed by atoms with Gasteiger partial charge in [0.1, 0.15) is 29.2 Å². The molecule has 0 radical (unpaired) electrons. The molecule has 25 heavy (non-hydrogen) atoms. The van der Waals surface area contributed by atoms with Crippen LogP contribution in [0.4, 0.5) is 18.9 Å². The summed E-state index contributed by atoms with van der Waals surface area (Å²) in [6.07, 6.45) is 0.972. The zero-order valence-electron chi connectivity index (χ0n) is 13.1. The highest BCUT2D eigenvalue weighted by molar-refractivity contribution is 6.01. The molecule has 7 heteroatoms. The number of para-hydroxylation sites is 1. The van der Waals surface area contributed by atoms with E-state index in [0.717, 1.165) is 24.3 Å². The summed E-state index contributed by atoms with van der Waals surface area (Å²) in [5.41, 5.74) is -0.285. The minimum Gasteiger partial charge on any atom is -0.327 e. The number of anilines is 1. The van der Waals surface area contributed by atoms with Gasteiger partial charge in [-0.1, -0.05) is 6.07 Å². The maximum atomic E-state index is 13.7. The molecule has 3 rings (SSSR count). The highest BCUT2D eigenvalue weighted by Gasteiger charge is 2.35. The number of carbonyl (C=O) groups excluding carboxylic acids is 2. The first kappa shape index (κ1) is 17.0. The van der Waals surface area contributed by atoms with Crippen LogP contribution in [0.3, 0.4) is 0 Å². The van der Waals surface area contributed by atoms with Crippen LogP contribution in [-0.4, -0.2) is 29.3 Å². The molecule has 2 aromatic carbocycles. The van der Waals surface area contributed by atoms with Gasteiger partial charge in [0, 0.05) is 12.1 Å². The SMILES string of the molecule is O=C(Nc1c(F)cccc1F)[C@@H]1CCCN1C(=O)c1ccc(F)cc1. The zero-order chi connectivity index (χ0) is 18.0. The Labute approximate surface area is 142 Å². The lowest BCUT2D eigenvalue weighted by molar-refractivity contribution is -0.119. The summed E-state index contributed by atoms with van der Waals surface area (Å²) >= 11 is 0. The number of hydrogen-bond acceptors (Lipinski definition) is 2. The lowest BCUT2D eigenvalue weighted by atomic mass is 10.1. The minimum absolute atomic E-state index is 0.248. The fourth-order valence-electron chi connectivity index (χ4n) is 2.86. The van der Waals surface area contributed by atoms with Gasteiger partial charge < -0.3 is 10.2 Å². The van der Waals surface area contributed by atoms with E-state index >= 15 is 0 Å². The van der Waals surface area contributed by atoms with Crippen LogP contribution in [0.5, 0.6) is 0 Å². The number of amides is 2. The van der Waals surface area contributed by atoms with E-state index < -0.39 is 41.0 Å². The standard InChI is InChI=1S/C18H15F3N2O2/c19-12-8-6-11(7-9-12)18(25)23-10-2-5-15(23)17(24)22-16-13(20)3-1-4-14(16)21/h1,3-4,6-9,15H,2,5,10H2,(H,22,24)/t15-/m0/s1. The molecule has 1 fully saturated rings. The van der Waals surface area contributed by atoms with Gasteiger partial charge >= 0.3 is 0 Å². The first-order valence-corrected chi connectivity index (χ1v) is 7.79. The molecule has 1 aliphatic heterocycles. The molecule has 0 bridgehead atoms. The maximum Gasteiger partial charge on any atom is 0.254 e. The van der Waals surface area contributed by atoms with Crippen LogP contribution in [0.1, 0.15) is 23.2 Å². The Morgan fingerprint density at radius 2 is 1.64 bits per heavy atom. The maximum absolute atomic E-state index is 13.7. The van der Waals surface area contributed by atoms with Crippen LogP contribution in [-0.2, 0) is 4.79 Å². The molecule has 1 atom stereocenters. The van der Waals surface area contributed by atoms with Crippen molar-refractivity contribution in [2.45, 2.75) is 18.9 Å². The first-order chi connectivity index (χ1) is 12.0. The van der Waals surface area contributed by atoms with E-state index in [9.17, 15) is 22.8 Å². The Bertz CT molecular complexity index is 788. The summed E-state index contributed by atoms with van der Waals surface area (Å²) in [5.74, 6) is -3.32. The molecule has 0 spiro atoms. The predicted molar refractivity (Wildman–Crippen MR) is 85.4 cm³/mol. The van der Waals surface area contributed by atoms with Crippen molar-refractivity contribution in [3.05, 3.63) is 65.5 Å². The Kier molecular flexibility index (Phi) is 4.74. The monoisotopic (exact) mass is 348 g/mol. The van der Waals surface area contributed by atoms with E-state index in [0.29, 0.717) is 19.4 Å². The van der Waals surface area contributed by atoms with E-state index in [-0.39, 0.29) is 5.56 Å². The molecule has 130 valence electrons. The number of benzene rings is 2. The Morgan fingerprint density at radius 3 is 2.28 bits per heavy atom. The number of halogens is 3. The van der Waals surface area contributed by atoms with Crippen molar-refractivity contribution in [1.82, 2.24) is 4.90 Å². The van der Waals surface area contributed by atoms with E-state index in [1.54, 1.807) is 0 Å². The lowest BCUT2D eigenvalue weighted by Crippen LogP contribution is -2.43. The molecule has 2 amide bonds. The summed E-state index contributed by atoms with van der Waals surface area (Å²) in [4.78, 5) is 26.3. The van der Waals surface area contributed by atoms with Gasteiger partial charge in [-0.3, -0.25) is 9.59 Å². The highest BCUT2D eigenvalue weighted by Crippen LogP contribution is 2.24. The van der Waals surface area contributed by atoms with Crippen molar-refractivity contribution < 1.29 is 22.8 Å². The van der Waals surface area contributed by atoms with E-state index in [4.69, 9.17) is 0 Å². The van der Waals surface area contributed by atoms with Crippen LogP contribution in [0, 0.1) is 17.5 Å². The third-order valence-electron chi connectivity index (χ3n) is 4.12. The number of likely N-dealkylation sites (tertiary alicyclic amines) is 1. The Balaban J connectivity index is 1.78. The highest BCUT2D eigenvalue weighted by atomic mass is 19.1. The summed E-state index contributed by atoms with van der Waals surface area (Å²) in [6, 6.07) is 7.42. The molecule has 0 unspecified atom stereocenters. The molecule has 0 saturated carbocycles. The van der Waals surface area contributed by atoms with Gasteiger partial charge in [0.25, 0.3) is 5.91 Å². The van der Waals surface area contributed by atoms with Gasteiger partial charge in [-0.2, -0.15) is 0 Å². The van der Waals surface area contributed by atoms with Crippen molar-refractivity contribution in [1.29, 1.82) is 0 Å². The number of hydrogen-bond donors (Lipinski definition) is 1. The fourth-order valence-corrected chi connectivity index (χ4v) is 2.86. The number of nitrogens with zero attached hydrogens (tertiary/aromatic N) is 1. The molecule has 1 aliphatic rings. The second kappa shape index (κ2) is 6.96. The minimum atomic E-state index is -0.886. The molecular formula is C18H15F3N2O2. The van der Waals surface area contributed by atoms with Gasteiger partial charge in [0.05, 0.1) is 0 Å². The van der Waals surface area contributed by atoms with Crippen molar-refractivity contribution in [2.75, 3.05) is 11.9 Å².